The molecule has 1 aliphatic heterocycles. The number of morpholine rings is 1. The fourth-order valence-corrected chi connectivity index (χ4v) is 4.47. The minimum atomic E-state index is -0.580. The second-order valence-electron chi connectivity index (χ2n) is 7.06. The summed E-state index contributed by atoms with van der Waals surface area (Å²) in [5.41, 5.74) is 1.05. The van der Waals surface area contributed by atoms with E-state index in [0.29, 0.717) is 41.7 Å². The van der Waals surface area contributed by atoms with Gasteiger partial charge < -0.3 is 9.47 Å². The van der Waals surface area contributed by atoms with E-state index in [0.717, 1.165) is 13.1 Å². The number of methoxy groups -OCH3 is 1. The molecule has 1 aromatic heterocycles. The van der Waals surface area contributed by atoms with E-state index < -0.39 is 5.97 Å². The van der Waals surface area contributed by atoms with Crippen LogP contribution in [0, 0.1) is 5.82 Å². The minimum Gasteiger partial charge on any atom is -0.465 e. The van der Waals surface area contributed by atoms with Crippen molar-refractivity contribution in [1.29, 1.82) is 0 Å². The zero-order chi connectivity index (χ0) is 21.8. The van der Waals surface area contributed by atoms with Gasteiger partial charge >= 0.3 is 5.97 Å². The van der Waals surface area contributed by atoms with Crippen molar-refractivity contribution in [2.45, 2.75) is 0 Å². The van der Waals surface area contributed by atoms with Crippen LogP contribution in [0.5, 0.6) is 0 Å². The maximum absolute atomic E-state index is 13.7. The predicted molar refractivity (Wildman–Crippen MR) is 116 cm³/mol. The van der Waals surface area contributed by atoms with E-state index >= 15 is 0 Å². The van der Waals surface area contributed by atoms with E-state index in [2.05, 4.69) is 9.88 Å². The highest BCUT2D eigenvalue weighted by molar-refractivity contribution is 7.22. The van der Waals surface area contributed by atoms with Gasteiger partial charge in [0.2, 0.25) is 0 Å². The number of rotatable bonds is 6. The van der Waals surface area contributed by atoms with Crippen molar-refractivity contribution in [1.82, 2.24) is 9.88 Å². The first-order chi connectivity index (χ1) is 15.1. The number of aromatic nitrogens is 1. The molecule has 1 aliphatic rings. The van der Waals surface area contributed by atoms with E-state index in [4.69, 9.17) is 9.47 Å². The van der Waals surface area contributed by atoms with Crippen LogP contribution in [0.15, 0.2) is 42.5 Å². The SMILES string of the molecule is COC(=O)c1ccccc1C(=O)N(CCN1CCOCC1)c1nc2ccc(F)cc2s1. The number of thiazole rings is 1. The maximum atomic E-state index is 13.7. The highest BCUT2D eigenvalue weighted by Gasteiger charge is 2.26. The minimum absolute atomic E-state index is 0.193. The predicted octanol–water partition coefficient (Wildman–Crippen LogP) is 3.20. The summed E-state index contributed by atoms with van der Waals surface area (Å²) in [6.45, 7) is 3.87. The number of halogens is 1. The molecule has 162 valence electrons. The van der Waals surface area contributed by atoms with Gasteiger partial charge in [0.25, 0.3) is 5.91 Å². The Labute approximate surface area is 183 Å². The number of carbonyl (C=O) groups is 2. The first-order valence-electron chi connectivity index (χ1n) is 9.92. The molecule has 0 N–H and O–H groups in total. The lowest BCUT2D eigenvalue weighted by Gasteiger charge is -2.29. The standard InChI is InChI=1S/C22H22FN3O4S/c1-29-21(28)17-5-3-2-4-16(17)20(27)26(9-8-25-10-12-30-13-11-25)22-24-18-7-6-15(23)14-19(18)31-22/h2-7,14H,8-13H2,1H3. The van der Waals surface area contributed by atoms with Gasteiger partial charge in [-0.15, -0.1) is 0 Å². The molecule has 0 unspecified atom stereocenters. The molecule has 0 aliphatic carbocycles. The summed E-state index contributed by atoms with van der Waals surface area (Å²) in [5, 5.41) is 0.457. The summed E-state index contributed by atoms with van der Waals surface area (Å²) in [6.07, 6.45) is 0. The average Bonchev–Trinajstić information content (AvgIpc) is 3.22. The molecule has 0 atom stereocenters. The van der Waals surface area contributed by atoms with E-state index in [-0.39, 0.29) is 22.9 Å². The van der Waals surface area contributed by atoms with Crippen LogP contribution in [0.25, 0.3) is 10.2 Å². The highest BCUT2D eigenvalue weighted by atomic mass is 32.1. The van der Waals surface area contributed by atoms with Crippen molar-refractivity contribution >= 4 is 38.6 Å². The van der Waals surface area contributed by atoms with Crippen molar-refractivity contribution in [2.75, 3.05) is 51.4 Å². The summed E-state index contributed by atoms with van der Waals surface area (Å²) < 4.78 is 24.6. The number of amides is 1. The number of ether oxygens (including phenoxy) is 2. The van der Waals surface area contributed by atoms with Gasteiger partial charge in [0.1, 0.15) is 5.82 Å². The molecule has 2 heterocycles. The fourth-order valence-electron chi connectivity index (χ4n) is 3.45. The van der Waals surface area contributed by atoms with Gasteiger partial charge in [0, 0.05) is 26.2 Å². The normalized spacial score (nSPS) is 14.5. The van der Waals surface area contributed by atoms with Gasteiger partial charge in [-0.3, -0.25) is 14.6 Å². The van der Waals surface area contributed by atoms with Crippen molar-refractivity contribution in [3.63, 3.8) is 0 Å². The third-order valence-corrected chi connectivity index (χ3v) is 6.16. The highest BCUT2D eigenvalue weighted by Crippen LogP contribution is 2.30. The molecule has 31 heavy (non-hydrogen) atoms. The summed E-state index contributed by atoms with van der Waals surface area (Å²) in [7, 11) is 1.28. The molecule has 1 amide bonds. The number of benzene rings is 2. The Kier molecular flexibility index (Phi) is 6.55. The molecule has 4 rings (SSSR count). The van der Waals surface area contributed by atoms with Crippen LogP contribution < -0.4 is 4.90 Å². The number of hydrogen-bond acceptors (Lipinski definition) is 7. The third kappa shape index (κ3) is 4.73. The van der Waals surface area contributed by atoms with Crippen LogP contribution in [0.3, 0.4) is 0 Å². The van der Waals surface area contributed by atoms with Crippen molar-refractivity contribution in [3.8, 4) is 0 Å². The molecule has 1 saturated heterocycles. The second kappa shape index (κ2) is 9.51. The fraction of sp³-hybridized carbons (Fsp3) is 0.318. The Hall–Kier alpha value is -2.88. The molecule has 0 spiro atoms. The lowest BCUT2D eigenvalue weighted by molar-refractivity contribution is 0.0390. The van der Waals surface area contributed by atoms with E-state index in [1.165, 1.54) is 30.6 Å². The summed E-state index contributed by atoms with van der Waals surface area (Å²) >= 11 is 1.24. The van der Waals surface area contributed by atoms with Crippen LogP contribution in [0.2, 0.25) is 0 Å². The number of anilines is 1. The molecule has 7 nitrogen and oxygen atoms in total. The monoisotopic (exact) mass is 443 g/mol. The van der Waals surface area contributed by atoms with Crippen molar-refractivity contribution < 1.29 is 23.5 Å². The van der Waals surface area contributed by atoms with E-state index in [1.54, 1.807) is 35.2 Å². The molecular weight excluding hydrogens is 421 g/mol. The topological polar surface area (TPSA) is 72.0 Å². The smallest absolute Gasteiger partial charge is 0.338 e. The van der Waals surface area contributed by atoms with Gasteiger partial charge in [0.05, 0.1) is 41.7 Å². The molecule has 0 saturated carbocycles. The molecular formula is C22H22FN3O4S. The number of carbonyl (C=O) groups excluding carboxylic acids is 2. The van der Waals surface area contributed by atoms with Gasteiger partial charge in [-0.1, -0.05) is 23.5 Å². The van der Waals surface area contributed by atoms with Crippen LogP contribution in [0.1, 0.15) is 20.7 Å². The zero-order valence-corrected chi connectivity index (χ0v) is 17.9. The van der Waals surface area contributed by atoms with Crippen LogP contribution >= 0.6 is 11.3 Å². The maximum Gasteiger partial charge on any atom is 0.338 e. The van der Waals surface area contributed by atoms with Crippen LogP contribution in [-0.4, -0.2) is 68.3 Å². The van der Waals surface area contributed by atoms with Crippen molar-refractivity contribution in [2.24, 2.45) is 0 Å². The summed E-state index contributed by atoms with van der Waals surface area (Å²) in [4.78, 5) is 34.1. The van der Waals surface area contributed by atoms with Gasteiger partial charge in [0.15, 0.2) is 5.13 Å². The lowest BCUT2D eigenvalue weighted by atomic mass is 10.1. The molecule has 3 aromatic rings. The lowest BCUT2D eigenvalue weighted by Crippen LogP contribution is -2.43. The largest absolute Gasteiger partial charge is 0.465 e. The number of fused-ring (bicyclic) bond motifs is 1. The second-order valence-corrected chi connectivity index (χ2v) is 8.07. The molecule has 2 aromatic carbocycles. The van der Waals surface area contributed by atoms with E-state index in [1.807, 2.05) is 0 Å². The summed E-state index contributed by atoms with van der Waals surface area (Å²) in [6, 6.07) is 10.9. The zero-order valence-electron chi connectivity index (χ0n) is 17.0. The molecule has 0 bridgehead atoms. The third-order valence-electron chi connectivity index (χ3n) is 5.12. The van der Waals surface area contributed by atoms with Crippen LogP contribution in [0.4, 0.5) is 9.52 Å². The Morgan fingerprint density at radius 2 is 1.94 bits per heavy atom. The van der Waals surface area contributed by atoms with E-state index in [9.17, 15) is 14.0 Å². The Bertz CT molecular complexity index is 1100. The number of hydrogen-bond donors (Lipinski definition) is 0. The van der Waals surface area contributed by atoms with Gasteiger partial charge in [-0.2, -0.15) is 0 Å². The molecule has 1 fully saturated rings. The Morgan fingerprint density at radius 3 is 2.68 bits per heavy atom. The molecule has 9 heteroatoms. The van der Waals surface area contributed by atoms with Crippen LogP contribution in [-0.2, 0) is 9.47 Å². The molecule has 0 radical (unpaired) electrons. The average molecular weight is 444 g/mol. The number of nitrogens with zero attached hydrogens (tertiary/aromatic N) is 3. The summed E-state index contributed by atoms with van der Waals surface area (Å²) in [5.74, 6) is -1.29. The first-order valence-corrected chi connectivity index (χ1v) is 10.7. The Morgan fingerprint density at radius 1 is 1.19 bits per heavy atom. The Balaban J connectivity index is 1.69. The van der Waals surface area contributed by atoms with Gasteiger partial charge in [-0.25, -0.2) is 14.2 Å². The quantitative estimate of drug-likeness (QED) is 0.545. The van der Waals surface area contributed by atoms with Gasteiger partial charge in [-0.05, 0) is 30.3 Å². The number of esters is 1. The first kappa shape index (κ1) is 21.4. The van der Waals surface area contributed by atoms with Crippen molar-refractivity contribution in [3.05, 3.63) is 59.4 Å².